The smallest absolute Gasteiger partial charge is 0.119 e. The number of aliphatic hydroxyl groups is 1. The molecule has 0 amide bonds. The molecule has 0 unspecified atom stereocenters. The summed E-state index contributed by atoms with van der Waals surface area (Å²) in [6.45, 7) is 0.781. The lowest BCUT2D eigenvalue weighted by molar-refractivity contribution is 0.198. The molecule has 2 atom stereocenters. The molecule has 1 aromatic carbocycles. The Morgan fingerprint density at radius 3 is 2.58 bits per heavy atom. The molecule has 4 nitrogen and oxygen atoms in total. The largest absolute Gasteiger partial charge is 0.494 e. The van der Waals surface area contributed by atoms with Crippen molar-refractivity contribution in [2.24, 2.45) is 5.73 Å². The van der Waals surface area contributed by atoms with Crippen LogP contribution >= 0.6 is 0 Å². The van der Waals surface area contributed by atoms with Crippen molar-refractivity contribution in [3.05, 3.63) is 59.9 Å². The molecule has 1 aliphatic carbocycles. The fraction of sp³-hybridized carbons (Fsp3) is 0.450. The predicted molar refractivity (Wildman–Crippen MR) is 95.1 cm³/mol. The van der Waals surface area contributed by atoms with Crippen LogP contribution in [-0.2, 0) is 6.42 Å². The predicted octanol–water partition coefficient (Wildman–Crippen LogP) is 3.05. The highest BCUT2D eigenvalue weighted by molar-refractivity contribution is 5.30. The molecule has 0 aliphatic heterocycles. The van der Waals surface area contributed by atoms with Gasteiger partial charge in [0.15, 0.2) is 0 Å². The first-order chi connectivity index (χ1) is 11.7. The number of rotatable bonds is 7. The van der Waals surface area contributed by atoms with Gasteiger partial charge in [-0.3, -0.25) is 4.98 Å². The van der Waals surface area contributed by atoms with Crippen molar-refractivity contribution in [3.63, 3.8) is 0 Å². The van der Waals surface area contributed by atoms with E-state index in [2.05, 4.69) is 17.1 Å². The van der Waals surface area contributed by atoms with Gasteiger partial charge in [-0.25, -0.2) is 0 Å². The molecule has 24 heavy (non-hydrogen) atoms. The second-order valence-corrected chi connectivity index (χ2v) is 6.84. The molecule has 128 valence electrons. The Morgan fingerprint density at radius 1 is 1.17 bits per heavy atom. The van der Waals surface area contributed by atoms with E-state index < -0.39 is 5.54 Å². The fourth-order valence-electron chi connectivity index (χ4n) is 3.44. The first-order valence-electron chi connectivity index (χ1n) is 8.70. The Bertz CT molecular complexity index is 630. The SMILES string of the molecule is N[C@@]1(CO)CC[C@@H](c2ccc(OCCCc3ccncc3)cc2)C1. The van der Waals surface area contributed by atoms with Crippen LogP contribution in [0.1, 0.15) is 42.7 Å². The molecule has 4 heteroatoms. The fourth-order valence-corrected chi connectivity index (χ4v) is 3.44. The van der Waals surface area contributed by atoms with Crippen molar-refractivity contribution in [1.29, 1.82) is 0 Å². The number of pyridine rings is 1. The monoisotopic (exact) mass is 326 g/mol. The van der Waals surface area contributed by atoms with Crippen LogP contribution < -0.4 is 10.5 Å². The zero-order chi connectivity index (χ0) is 16.8. The summed E-state index contributed by atoms with van der Waals surface area (Å²) >= 11 is 0. The molecule has 1 aromatic heterocycles. The molecular weight excluding hydrogens is 300 g/mol. The van der Waals surface area contributed by atoms with E-state index in [1.807, 2.05) is 36.7 Å². The molecule has 1 aliphatic rings. The normalized spacial score (nSPS) is 23.3. The van der Waals surface area contributed by atoms with E-state index >= 15 is 0 Å². The minimum atomic E-state index is -0.396. The Hall–Kier alpha value is -1.91. The molecule has 0 saturated heterocycles. The highest BCUT2D eigenvalue weighted by Crippen LogP contribution is 2.39. The number of hydrogen-bond donors (Lipinski definition) is 2. The number of ether oxygens (including phenoxy) is 1. The van der Waals surface area contributed by atoms with Crippen molar-refractivity contribution >= 4 is 0 Å². The van der Waals surface area contributed by atoms with E-state index in [1.165, 1.54) is 11.1 Å². The average molecular weight is 326 g/mol. The number of aromatic nitrogens is 1. The lowest BCUT2D eigenvalue weighted by Crippen LogP contribution is -2.40. The minimum absolute atomic E-state index is 0.0716. The summed E-state index contributed by atoms with van der Waals surface area (Å²) in [6.07, 6.45) is 8.43. The summed E-state index contributed by atoms with van der Waals surface area (Å²) in [4.78, 5) is 4.02. The number of aryl methyl sites for hydroxylation is 1. The quantitative estimate of drug-likeness (QED) is 0.767. The van der Waals surface area contributed by atoms with Gasteiger partial charge in [0.05, 0.1) is 13.2 Å². The topological polar surface area (TPSA) is 68.4 Å². The van der Waals surface area contributed by atoms with Crippen LogP contribution in [0, 0.1) is 0 Å². The van der Waals surface area contributed by atoms with Crippen LogP contribution in [0.15, 0.2) is 48.8 Å². The molecule has 3 N–H and O–H groups in total. The van der Waals surface area contributed by atoms with Crippen molar-refractivity contribution < 1.29 is 9.84 Å². The van der Waals surface area contributed by atoms with Crippen molar-refractivity contribution in [3.8, 4) is 5.75 Å². The molecule has 1 heterocycles. The standard InChI is InChI=1S/C20H26N2O2/c21-20(15-23)10-7-18(14-20)17-3-5-19(6-4-17)24-13-1-2-16-8-11-22-12-9-16/h3-6,8-9,11-12,18,23H,1-2,7,10,13-15,21H2/t18-,20+/m1/s1. The van der Waals surface area contributed by atoms with E-state index in [0.29, 0.717) is 12.5 Å². The van der Waals surface area contributed by atoms with Gasteiger partial charge in [0.1, 0.15) is 5.75 Å². The number of nitrogens with zero attached hydrogens (tertiary/aromatic N) is 1. The van der Waals surface area contributed by atoms with Gasteiger partial charge in [0.25, 0.3) is 0 Å². The molecule has 0 spiro atoms. The van der Waals surface area contributed by atoms with Gasteiger partial charge in [0, 0.05) is 17.9 Å². The maximum absolute atomic E-state index is 9.39. The third-order valence-corrected chi connectivity index (χ3v) is 4.94. The second-order valence-electron chi connectivity index (χ2n) is 6.84. The molecule has 0 radical (unpaired) electrons. The summed E-state index contributed by atoms with van der Waals surface area (Å²) in [5.41, 5.74) is 8.35. The van der Waals surface area contributed by atoms with Crippen LogP contribution in [0.2, 0.25) is 0 Å². The highest BCUT2D eigenvalue weighted by Gasteiger charge is 2.35. The second kappa shape index (κ2) is 7.77. The van der Waals surface area contributed by atoms with Gasteiger partial charge in [-0.2, -0.15) is 0 Å². The zero-order valence-electron chi connectivity index (χ0n) is 14.0. The van der Waals surface area contributed by atoms with Crippen LogP contribution in [0.3, 0.4) is 0 Å². The summed E-state index contributed by atoms with van der Waals surface area (Å²) in [6, 6.07) is 12.4. The average Bonchev–Trinajstić information content (AvgIpc) is 3.03. The molecule has 1 saturated carbocycles. The molecule has 3 rings (SSSR count). The Balaban J connectivity index is 1.45. The zero-order valence-corrected chi connectivity index (χ0v) is 14.0. The third-order valence-electron chi connectivity index (χ3n) is 4.94. The van der Waals surface area contributed by atoms with Crippen molar-refractivity contribution in [2.45, 2.75) is 43.6 Å². The Labute approximate surface area is 143 Å². The van der Waals surface area contributed by atoms with Gasteiger partial charge in [0.2, 0.25) is 0 Å². The van der Waals surface area contributed by atoms with Crippen LogP contribution in [0.25, 0.3) is 0 Å². The van der Waals surface area contributed by atoms with Gasteiger partial charge >= 0.3 is 0 Å². The summed E-state index contributed by atoms with van der Waals surface area (Å²) < 4.78 is 5.83. The minimum Gasteiger partial charge on any atom is -0.494 e. The molecule has 1 fully saturated rings. The van der Waals surface area contributed by atoms with E-state index in [4.69, 9.17) is 10.5 Å². The number of hydrogen-bond acceptors (Lipinski definition) is 4. The lowest BCUT2D eigenvalue weighted by Gasteiger charge is -2.21. The van der Waals surface area contributed by atoms with E-state index in [1.54, 1.807) is 0 Å². The van der Waals surface area contributed by atoms with Crippen LogP contribution in [0.4, 0.5) is 0 Å². The van der Waals surface area contributed by atoms with Gasteiger partial charge in [-0.1, -0.05) is 12.1 Å². The van der Waals surface area contributed by atoms with Crippen LogP contribution in [-0.4, -0.2) is 28.8 Å². The Morgan fingerprint density at radius 2 is 1.92 bits per heavy atom. The first kappa shape index (κ1) is 16.9. The number of aliphatic hydroxyl groups excluding tert-OH is 1. The summed E-state index contributed by atoms with van der Waals surface area (Å²) in [7, 11) is 0. The van der Waals surface area contributed by atoms with Crippen molar-refractivity contribution in [2.75, 3.05) is 13.2 Å². The number of nitrogens with two attached hydrogens (primary N) is 1. The van der Waals surface area contributed by atoms with Crippen molar-refractivity contribution in [1.82, 2.24) is 4.98 Å². The van der Waals surface area contributed by atoms with E-state index in [9.17, 15) is 5.11 Å². The maximum Gasteiger partial charge on any atom is 0.119 e. The lowest BCUT2D eigenvalue weighted by atomic mass is 9.94. The highest BCUT2D eigenvalue weighted by atomic mass is 16.5. The van der Waals surface area contributed by atoms with Gasteiger partial charge in [-0.15, -0.1) is 0 Å². The summed E-state index contributed by atoms with van der Waals surface area (Å²) in [5, 5.41) is 9.39. The van der Waals surface area contributed by atoms with Crippen LogP contribution in [0.5, 0.6) is 5.75 Å². The van der Waals surface area contributed by atoms with E-state index in [-0.39, 0.29) is 6.61 Å². The first-order valence-corrected chi connectivity index (χ1v) is 8.70. The van der Waals surface area contributed by atoms with Gasteiger partial charge < -0.3 is 15.6 Å². The van der Waals surface area contributed by atoms with E-state index in [0.717, 1.165) is 37.9 Å². The molecule has 2 aromatic rings. The maximum atomic E-state index is 9.39. The third kappa shape index (κ3) is 4.34. The Kier molecular flexibility index (Phi) is 5.48. The number of benzene rings is 1. The summed E-state index contributed by atoms with van der Waals surface area (Å²) in [5.74, 6) is 1.36. The molecule has 0 bridgehead atoms. The molecular formula is C20H26N2O2. The van der Waals surface area contributed by atoms with Gasteiger partial charge in [-0.05, 0) is 73.4 Å².